The normalized spacial score (nSPS) is 13.8. The van der Waals surface area contributed by atoms with Crippen LogP contribution in [0.2, 0.25) is 0 Å². The van der Waals surface area contributed by atoms with Gasteiger partial charge in [0.1, 0.15) is 5.69 Å². The molecule has 1 amide bonds. The zero-order valence-electron chi connectivity index (χ0n) is 11.4. The van der Waals surface area contributed by atoms with Crippen LogP contribution < -0.4 is 10.6 Å². The second kappa shape index (κ2) is 5.33. The van der Waals surface area contributed by atoms with Crippen molar-refractivity contribution in [3.63, 3.8) is 0 Å². The summed E-state index contributed by atoms with van der Waals surface area (Å²) in [4.78, 5) is 16.2. The van der Waals surface area contributed by atoms with E-state index in [2.05, 4.69) is 15.6 Å². The van der Waals surface area contributed by atoms with E-state index in [0.717, 1.165) is 16.9 Å². The van der Waals surface area contributed by atoms with E-state index < -0.39 is 0 Å². The number of benzene rings is 1. The molecular weight excluding hydrogens is 250 g/mol. The van der Waals surface area contributed by atoms with E-state index in [9.17, 15) is 4.79 Å². The lowest BCUT2D eigenvalue weighted by Crippen LogP contribution is -2.13. The minimum absolute atomic E-state index is 0.188. The molecule has 1 saturated carbocycles. The third-order valence-corrected chi connectivity index (χ3v) is 3.25. The van der Waals surface area contributed by atoms with Crippen molar-refractivity contribution in [1.82, 2.24) is 4.98 Å². The average molecular weight is 267 g/mol. The van der Waals surface area contributed by atoms with Gasteiger partial charge in [0.25, 0.3) is 5.91 Å². The Hall–Kier alpha value is -2.36. The number of hydrogen-bond acceptors (Lipinski definition) is 3. The van der Waals surface area contributed by atoms with Crippen molar-refractivity contribution in [1.29, 1.82) is 0 Å². The largest absolute Gasteiger partial charge is 0.381 e. The van der Waals surface area contributed by atoms with E-state index in [-0.39, 0.29) is 5.91 Å². The molecule has 102 valence electrons. The zero-order valence-corrected chi connectivity index (χ0v) is 11.4. The molecule has 1 heterocycles. The second-order valence-corrected chi connectivity index (χ2v) is 5.17. The summed E-state index contributed by atoms with van der Waals surface area (Å²) in [6.07, 6.45) is 4.15. The van der Waals surface area contributed by atoms with Gasteiger partial charge in [0.15, 0.2) is 0 Å². The Morgan fingerprint density at radius 3 is 2.40 bits per heavy atom. The highest BCUT2D eigenvalue weighted by molar-refractivity contribution is 6.02. The molecule has 4 heteroatoms. The Balaban J connectivity index is 1.65. The molecule has 1 aliphatic carbocycles. The molecule has 1 fully saturated rings. The van der Waals surface area contributed by atoms with E-state index in [1.54, 1.807) is 12.3 Å². The van der Waals surface area contributed by atoms with Gasteiger partial charge in [-0.15, -0.1) is 0 Å². The number of pyridine rings is 1. The summed E-state index contributed by atoms with van der Waals surface area (Å²) in [5.74, 6) is -0.188. The molecule has 0 atom stereocenters. The topological polar surface area (TPSA) is 54.0 Å². The first-order valence-electron chi connectivity index (χ1n) is 6.81. The molecule has 4 nitrogen and oxygen atoms in total. The predicted molar refractivity (Wildman–Crippen MR) is 80.0 cm³/mol. The number of anilines is 2. The molecule has 1 aliphatic rings. The standard InChI is InChI=1S/C16H17N3O/c1-11-2-4-13(5-3-11)19-16(20)15-9-8-14(10-17-15)18-12-6-7-12/h2-5,8-10,12,18H,6-7H2,1H3,(H,19,20). The van der Waals surface area contributed by atoms with Crippen LogP contribution >= 0.6 is 0 Å². The lowest BCUT2D eigenvalue weighted by Gasteiger charge is -2.07. The van der Waals surface area contributed by atoms with Gasteiger partial charge < -0.3 is 10.6 Å². The third-order valence-electron chi connectivity index (χ3n) is 3.25. The summed E-state index contributed by atoms with van der Waals surface area (Å²) >= 11 is 0. The molecule has 3 rings (SSSR count). The monoisotopic (exact) mass is 267 g/mol. The minimum atomic E-state index is -0.188. The first kappa shape index (κ1) is 12.7. The summed E-state index contributed by atoms with van der Waals surface area (Å²) in [6.45, 7) is 2.01. The van der Waals surface area contributed by atoms with Gasteiger partial charge in [-0.05, 0) is 44.0 Å². The Bertz CT molecular complexity index is 601. The zero-order chi connectivity index (χ0) is 13.9. The van der Waals surface area contributed by atoms with E-state index in [0.29, 0.717) is 11.7 Å². The molecule has 2 N–H and O–H groups in total. The molecule has 0 unspecified atom stereocenters. The number of aromatic nitrogens is 1. The molecule has 0 radical (unpaired) electrons. The van der Waals surface area contributed by atoms with Gasteiger partial charge in [-0.1, -0.05) is 17.7 Å². The summed E-state index contributed by atoms with van der Waals surface area (Å²) < 4.78 is 0. The van der Waals surface area contributed by atoms with E-state index in [4.69, 9.17) is 0 Å². The smallest absolute Gasteiger partial charge is 0.274 e. The van der Waals surface area contributed by atoms with E-state index in [1.165, 1.54) is 12.8 Å². The van der Waals surface area contributed by atoms with Crippen LogP contribution in [-0.4, -0.2) is 16.9 Å². The highest BCUT2D eigenvalue weighted by Gasteiger charge is 2.20. The van der Waals surface area contributed by atoms with Crippen LogP contribution in [0.15, 0.2) is 42.6 Å². The number of carbonyl (C=O) groups excluding carboxylic acids is 1. The summed E-state index contributed by atoms with van der Waals surface area (Å²) in [7, 11) is 0. The van der Waals surface area contributed by atoms with Gasteiger partial charge in [-0.2, -0.15) is 0 Å². The van der Waals surface area contributed by atoms with E-state index >= 15 is 0 Å². The van der Waals surface area contributed by atoms with Crippen molar-refractivity contribution in [2.24, 2.45) is 0 Å². The maximum atomic E-state index is 12.1. The molecule has 0 aliphatic heterocycles. The van der Waals surface area contributed by atoms with Crippen LogP contribution in [0.25, 0.3) is 0 Å². The Kier molecular flexibility index (Phi) is 3.37. The fourth-order valence-electron chi connectivity index (χ4n) is 1.91. The minimum Gasteiger partial charge on any atom is -0.381 e. The molecule has 0 saturated heterocycles. The number of hydrogen-bond donors (Lipinski definition) is 2. The number of amides is 1. The molecule has 20 heavy (non-hydrogen) atoms. The molecule has 1 aromatic heterocycles. The fraction of sp³-hybridized carbons (Fsp3) is 0.250. The number of rotatable bonds is 4. The fourth-order valence-corrected chi connectivity index (χ4v) is 1.91. The van der Waals surface area contributed by atoms with Crippen LogP contribution in [0.3, 0.4) is 0 Å². The Morgan fingerprint density at radius 2 is 1.80 bits per heavy atom. The van der Waals surface area contributed by atoms with Crippen LogP contribution in [0.5, 0.6) is 0 Å². The van der Waals surface area contributed by atoms with Crippen molar-refractivity contribution < 1.29 is 4.79 Å². The van der Waals surface area contributed by atoms with Crippen molar-refractivity contribution in [3.8, 4) is 0 Å². The first-order valence-corrected chi connectivity index (χ1v) is 6.81. The average Bonchev–Trinajstić information content (AvgIpc) is 3.26. The summed E-state index contributed by atoms with van der Waals surface area (Å²) in [6, 6.07) is 11.9. The number of carbonyl (C=O) groups is 1. The van der Waals surface area contributed by atoms with Crippen molar-refractivity contribution in [3.05, 3.63) is 53.9 Å². The third kappa shape index (κ3) is 3.15. The van der Waals surface area contributed by atoms with Crippen molar-refractivity contribution in [2.45, 2.75) is 25.8 Å². The van der Waals surface area contributed by atoms with Crippen LogP contribution in [0, 0.1) is 6.92 Å². The lowest BCUT2D eigenvalue weighted by molar-refractivity contribution is 0.102. The summed E-state index contributed by atoms with van der Waals surface area (Å²) in [5.41, 5.74) is 3.34. The van der Waals surface area contributed by atoms with Gasteiger partial charge in [0.05, 0.1) is 11.9 Å². The highest BCUT2D eigenvalue weighted by atomic mass is 16.1. The molecule has 0 spiro atoms. The van der Waals surface area contributed by atoms with Gasteiger partial charge in [0, 0.05) is 11.7 Å². The Labute approximate surface area is 118 Å². The quantitative estimate of drug-likeness (QED) is 0.894. The summed E-state index contributed by atoms with van der Waals surface area (Å²) in [5, 5.41) is 6.18. The van der Waals surface area contributed by atoms with Gasteiger partial charge in [-0.25, -0.2) is 4.98 Å². The van der Waals surface area contributed by atoms with Crippen LogP contribution in [0.1, 0.15) is 28.9 Å². The second-order valence-electron chi connectivity index (χ2n) is 5.17. The molecule has 2 aromatic rings. The lowest BCUT2D eigenvalue weighted by atomic mass is 10.2. The molecular formula is C16H17N3O. The maximum absolute atomic E-state index is 12.1. The van der Waals surface area contributed by atoms with Crippen molar-refractivity contribution in [2.75, 3.05) is 10.6 Å². The van der Waals surface area contributed by atoms with Gasteiger partial charge >= 0.3 is 0 Å². The van der Waals surface area contributed by atoms with Crippen LogP contribution in [0.4, 0.5) is 11.4 Å². The van der Waals surface area contributed by atoms with Crippen molar-refractivity contribution >= 4 is 17.3 Å². The Morgan fingerprint density at radius 1 is 1.10 bits per heavy atom. The number of nitrogens with one attached hydrogen (secondary N) is 2. The maximum Gasteiger partial charge on any atom is 0.274 e. The highest BCUT2D eigenvalue weighted by Crippen LogP contribution is 2.24. The van der Waals surface area contributed by atoms with E-state index in [1.807, 2.05) is 37.3 Å². The number of nitrogens with zero attached hydrogens (tertiary/aromatic N) is 1. The van der Waals surface area contributed by atoms with Gasteiger partial charge in [-0.3, -0.25) is 4.79 Å². The SMILES string of the molecule is Cc1ccc(NC(=O)c2ccc(NC3CC3)cn2)cc1. The number of aryl methyl sites for hydroxylation is 1. The first-order chi connectivity index (χ1) is 9.70. The molecule has 0 bridgehead atoms. The molecule has 1 aromatic carbocycles. The van der Waals surface area contributed by atoms with Gasteiger partial charge in [0.2, 0.25) is 0 Å². The predicted octanol–water partition coefficient (Wildman–Crippen LogP) is 3.22. The van der Waals surface area contributed by atoms with Crippen LogP contribution in [-0.2, 0) is 0 Å².